The van der Waals surface area contributed by atoms with Crippen LogP contribution in [0.4, 0.5) is 5.82 Å². The highest BCUT2D eigenvalue weighted by Crippen LogP contribution is 2.21. The van der Waals surface area contributed by atoms with Crippen LogP contribution in [-0.2, 0) is 6.54 Å². The molecule has 0 aliphatic heterocycles. The number of thiophene rings is 1. The highest BCUT2D eigenvalue weighted by molar-refractivity contribution is 9.11. The Hall–Kier alpha value is -1.51. The molecule has 18 heavy (non-hydrogen) atoms. The molecule has 94 valence electrons. The number of nitrogens with two attached hydrogens (primary N) is 1. The minimum atomic E-state index is -0.268. The first-order valence-corrected chi connectivity index (χ1v) is 6.61. The van der Waals surface area contributed by atoms with Gasteiger partial charge < -0.3 is 10.7 Å². The minimum Gasteiger partial charge on any atom is -0.346 e. The first-order chi connectivity index (χ1) is 8.69. The molecule has 2 aromatic heterocycles. The van der Waals surface area contributed by atoms with Gasteiger partial charge in [-0.1, -0.05) is 0 Å². The number of rotatable bonds is 4. The van der Waals surface area contributed by atoms with Gasteiger partial charge in [0.15, 0.2) is 5.82 Å². The molecule has 0 aliphatic carbocycles. The van der Waals surface area contributed by atoms with Gasteiger partial charge in [0.25, 0.3) is 5.91 Å². The number of anilines is 1. The van der Waals surface area contributed by atoms with E-state index < -0.39 is 0 Å². The van der Waals surface area contributed by atoms with E-state index in [0.29, 0.717) is 12.4 Å². The number of nitrogens with zero attached hydrogens (tertiary/aromatic N) is 2. The Morgan fingerprint density at radius 1 is 1.39 bits per heavy atom. The van der Waals surface area contributed by atoms with Crippen LogP contribution in [0.3, 0.4) is 0 Å². The SMILES string of the molecule is NNc1cnc(C(=O)NCc2ccc(Br)s2)cn1. The molecular formula is C10H10BrN5OS. The Bertz CT molecular complexity index is 541. The van der Waals surface area contributed by atoms with E-state index in [9.17, 15) is 4.79 Å². The Labute approximate surface area is 116 Å². The Morgan fingerprint density at radius 3 is 2.78 bits per heavy atom. The zero-order chi connectivity index (χ0) is 13.0. The van der Waals surface area contributed by atoms with Crippen LogP contribution in [-0.4, -0.2) is 15.9 Å². The molecule has 0 atom stereocenters. The van der Waals surface area contributed by atoms with Crippen molar-refractivity contribution >= 4 is 39.0 Å². The lowest BCUT2D eigenvalue weighted by Gasteiger charge is -2.03. The molecule has 2 aromatic rings. The zero-order valence-corrected chi connectivity index (χ0v) is 11.6. The Balaban J connectivity index is 1.94. The average molecular weight is 328 g/mol. The molecule has 2 rings (SSSR count). The number of nitrogens with one attached hydrogen (secondary N) is 2. The van der Waals surface area contributed by atoms with Crippen LogP contribution in [0.1, 0.15) is 15.4 Å². The van der Waals surface area contributed by atoms with Crippen molar-refractivity contribution in [3.63, 3.8) is 0 Å². The molecule has 0 aromatic carbocycles. The Morgan fingerprint density at radius 2 is 2.22 bits per heavy atom. The van der Waals surface area contributed by atoms with Gasteiger partial charge in [0.2, 0.25) is 0 Å². The number of amides is 1. The second-order valence-corrected chi connectivity index (χ2v) is 5.87. The van der Waals surface area contributed by atoms with Crippen LogP contribution in [0, 0.1) is 0 Å². The molecule has 0 saturated carbocycles. The van der Waals surface area contributed by atoms with Gasteiger partial charge in [0, 0.05) is 4.88 Å². The van der Waals surface area contributed by atoms with Crippen molar-refractivity contribution in [2.24, 2.45) is 5.84 Å². The minimum absolute atomic E-state index is 0.254. The fraction of sp³-hybridized carbons (Fsp3) is 0.100. The van der Waals surface area contributed by atoms with Crippen molar-refractivity contribution in [3.8, 4) is 0 Å². The van der Waals surface area contributed by atoms with Gasteiger partial charge in [-0.25, -0.2) is 15.8 Å². The fourth-order valence-electron chi connectivity index (χ4n) is 1.22. The molecular weight excluding hydrogens is 318 g/mol. The maximum Gasteiger partial charge on any atom is 0.271 e. The van der Waals surface area contributed by atoms with Crippen molar-refractivity contribution in [2.75, 3.05) is 5.43 Å². The maximum atomic E-state index is 11.8. The largest absolute Gasteiger partial charge is 0.346 e. The summed E-state index contributed by atoms with van der Waals surface area (Å²) in [5, 5.41) is 2.76. The summed E-state index contributed by atoms with van der Waals surface area (Å²) in [4.78, 5) is 20.7. The van der Waals surface area contributed by atoms with E-state index in [1.54, 1.807) is 11.3 Å². The molecule has 2 heterocycles. The molecule has 8 heteroatoms. The molecule has 1 amide bonds. The summed E-state index contributed by atoms with van der Waals surface area (Å²) in [5.41, 5.74) is 2.60. The summed E-state index contributed by atoms with van der Waals surface area (Å²) >= 11 is 4.94. The van der Waals surface area contributed by atoms with Crippen molar-refractivity contribution < 1.29 is 4.79 Å². The summed E-state index contributed by atoms with van der Waals surface area (Å²) < 4.78 is 1.03. The van der Waals surface area contributed by atoms with Crippen molar-refractivity contribution in [2.45, 2.75) is 6.54 Å². The first-order valence-electron chi connectivity index (χ1n) is 5.00. The lowest BCUT2D eigenvalue weighted by molar-refractivity contribution is 0.0946. The number of aromatic nitrogens is 2. The van der Waals surface area contributed by atoms with E-state index in [2.05, 4.69) is 36.6 Å². The van der Waals surface area contributed by atoms with Gasteiger partial charge in [-0.3, -0.25) is 4.79 Å². The summed E-state index contributed by atoms with van der Waals surface area (Å²) in [6.45, 7) is 0.466. The third-order valence-corrected chi connectivity index (χ3v) is 3.71. The summed E-state index contributed by atoms with van der Waals surface area (Å²) in [5.74, 6) is 5.30. The molecule has 0 radical (unpaired) electrons. The van der Waals surface area contributed by atoms with Crippen LogP contribution >= 0.6 is 27.3 Å². The van der Waals surface area contributed by atoms with E-state index in [1.807, 2.05) is 12.1 Å². The van der Waals surface area contributed by atoms with Crippen LogP contribution in [0.2, 0.25) is 0 Å². The third-order valence-electron chi connectivity index (χ3n) is 2.08. The second kappa shape index (κ2) is 5.89. The standard InChI is InChI=1S/C10H10BrN5OS/c11-8-2-1-6(18-8)3-15-10(17)7-4-14-9(16-12)5-13-7/h1-2,4-5H,3,12H2,(H,14,16)(H,15,17). The summed E-state index contributed by atoms with van der Waals surface area (Å²) in [6, 6.07) is 3.88. The topological polar surface area (TPSA) is 92.9 Å². The normalized spacial score (nSPS) is 10.1. The molecule has 0 unspecified atom stereocenters. The van der Waals surface area contributed by atoms with E-state index in [0.717, 1.165) is 8.66 Å². The number of halogens is 1. The van der Waals surface area contributed by atoms with Crippen LogP contribution in [0.25, 0.3) is 0 Å². The second-order valence-electron chi connectivity index (χ2n) is 3.32. The molecule has 0 aliphatic rings. The number of hydrazine groups is 1. The summed E-state index contributed by atoms with van der Waals surface area (Å²) in [6.07, 6.45) is 2.77. The fourth-order valence-corrected chi connectivity index (χ4v) is 2.65. The monoisotopic (exact) mass is 327 g/mol. The van der Waals surface area contributed by atoms with E-state index in [-0.39, 0.29) is 11.6 Å². The molecule has 0 bridgehead atoms. The van der Waals surface area contributed by atoms with Crippen molar-refractivity contribution in [1.82, 2.24) is 15.3 Å². The van der Waals surface area contributed by atoms with E-state index >= 15 is 0 Å². The molecule has 0 fully saturated rings. The number of carbonyl (C=O) groups is 1. The molecule has 4 N–H and O–H groups in total. The smallest absolute Gasteiger partial charge is 0.271 e. The zero-order valence-electron chi connectivity index (χ0n) is 9.18. The predicted octanol–water partition coefficient (Wildman–Crippen LogP) is 1.52. The predicted molar refractivity (Wildman–Crippen MR) is 73.0 cm³/mol. The molecule has 0 spiro atoms. The average Bonchev–Trinajstić information content (AvgIpc) is 2.82. The van der Waals surface area contributed by atoms with E-state index in [1.165, 1.54) is 12.4 Å². The number of hydrogen-bond donors (Lipinski definition) is 3. The molecule has 0 saturated heterocycles. The van der Waals surface area contributed by atoms with Gasteiger partial charge >= 0.3 is 0 Å². The quantitative estimate of drug-likeness (QED) is 0.584. The van der Waals surface area contributed by atoms with Crippen molar-refractivity contribution in [3.05, 3.63) is 38.9 Å². The van der Waals surface area contributed by atoms with Crippen LogP contribution < -0.4 is 16.6 Å². The van der Waals surface area contributed by atoms with Gasteiger partial charge in [-0.15, -0.1) is 11.3 Å². The summed E-state index contributed by atoms with van der Waals surface area (Å²) in [7, 11) is 0. The van der Waals surface area contributed by atoms with Crippen molar-refractivity contribution in [1.29, 1.82) is 0 Å². The highest BCUT2D eigenvalue weighted by Gasteiger charge is 2.08. The first kappa shape index (κ1) is 12.9. The van der Waals surface area contributed by atoms with E-state index in [4.69, 9.17) is 5.84 Å². The third kappa shape index (κ3) is 3.25. The lowest BCUT2D eigenvalue weighted by Crippen LogP contribution is -2.23. The number of carbonyl (C=O) groups excluding carboxylic acids is 1. The Kier molecular flexibility index (Phi) is 4.24. The molecule has 6 nitrogen and oxygen atoms in total. The van der Waals surface area contributed by atoms with Crippen LogP contribution in [0.15, 0.2) is 28.3 Å². The van der Waals surface area contributed by atoms with Crippen LogP contribution in [0.5, 0.6) is 0 Å². The van der Waals surface area contributed by atoms with Gasteiger partial charge in [0.1, 0.15) is 5.69 Å². The highest BCUT2D eigenvalue weighted by atomic mass is 79.9. The maximum absolute atomic E-state index is 11.8. The lowest BCUT2D eigenvalue weighted by atomic mass is 10.4. The number of nitrogen functional groups attached to an aromatic ring is 1. The van der Waals surface area contributed by atoms with Gasteiger partial charge in [-0.2, -0.15) is 0 Å². The van der Waals surface area contributed by atoms with Gasteiger partial charge in [0.05, 0.1) is 22.7 Å². The number of hydrogen-bond acceptors (Lipinski definition) is 6. The van der Waals surface area contributed by atoms with Gasteiger partial charge in [-0.05, 0) is 28.1 Å².